The van der Waals surface area contributed by atoms with Gasteiger partial charge in [0.2, 0.25) is 0 Å². The minimum Gasteiger partial charge on any atom is -0.463 e. The zero-order chi connectivity index (χ0) is 83.6. The van der Waals surface area contributed by atoms with Crippen LogP contribution in [0.2, 0.25) is 0 Å². The van der Waals surface area contributed by atoms with E-state index in [1.54, 1.807) is 0 Å². The molecule has 16 nitrogen and oxygen atoms in total. The molecule has 5 atom stereocenters. The maximum absolute atomic E-state index is 13.0. The molecule has 0 bridgehead atoms. The van der Waals surface area contributed by atoms with Gasteiger partial charge in [0.05, 0.1) is 26.4 Å². The van der Waals surface area contributed by atoms with Crippen LogP contribution in [0.5, 0.6) is 0 Å². The number of phosphoric acid groups is 2. The molecule has 0 amide bonds. The van der Waals surface area contributed by atoms with Crippen molar-refractivity contribution in [3.05, 3.63) is 170 Å². The molecule has 5 unspecified atom stereocenters. The topological polar surface area (TPSA) is 231 Å². The highest BCUT2D eigenvalue weighted by atomic mass is 31.2. The summed E-state index contributed by atoms with van der Waals surface area (Å²) in [4.78, 5) is 59.0. The SMILES string of the molecule is CC/C=C\C/C=C\C/C=C\C/C=C\C/C=C\C/C=C\CCCCCCCCCCCCCCC(=O)OCC(O)COP(=O)(O)OCC(O)COP(=O)(O)OCC(COC(=O)CCCCCCCCCCCCCCC/C=C\C/C=C\C/C=C\C/C=C\CCCCC)OC(=O)CCCCCCCC/C=C\C/C=C\C/C=C\C/C=C\CC. The van der Waals surface area contributed by atoms with Crippen LogP contribution < -0.4 is 0 Å². The molecule has 0 fully saturated rings. The highest BCUT2D eigenvalue weighted by Crippen LogP contribution is 2.45. The lowest BCUT2D eigenvalue weighted by atomic mass is 10.0. The standard InChI is InChI=1S/C97H164O16P2/c1-4-7-10-13-16-19-22-25-28-31-34-36-38-40-42-44-45-47-49-50-52-54-57-59-62-65-68-71-74-77-80-83-95(100)107-86-92(98)87-109-114(103,104)110-88-93(99)89-111-115(105,106)112-91-94(113-97(102)85-82-79-76-73-70-67-64-61-56-33-30-27-24-21-18-15-12-9-6-3)90-108-96(101)84-81-78-75-72-69-66-63-60-58-55-53-51-48-46-43-41-39-37-35-32-29-26-23-20-17-14-11-8-5-2/h7,9-10,12,16-21,25-30,34-37,40-43,45,47,56,61,92-94,98-99H,4-6,8,11,13-15,22-24,31-33,38-39,44,46,48-55,57-60,62-91H2,1-3H3,(H,103,104)(H,105,106)/b10-7-,12-9-,19-16-,20-17-,21-18-,28-25-,29-26-,30-27-,36-34-,37-35-,42-40-,43-41-,47-45-,61-56-. The summed E-state index contributed by atoms with van der Waals surface area (Å²) in [7, 11) is -9.82. The first-order valence-electron chi connectivity index (χ1n) is 45.4. The number of unbranched alkanes of at least 4 members (excludes halogenated alkanes) is 34. The minimum absolute atomic E-state index is 0.0845. The highest BCUT2D eigenvalue weighted by molar-refractivity contribution is 7.47. The molecule has 18 heteroatoms. The number of aliphatic hydroxyl groups is 2. The van der Waals surface area contributed by atoms with Crippen molar-refractivity contribution in [3.8, 4) is 0 Å². The molecule has 0 rings (SSSR count). The normalized spacial score (nSPS) is 14.6. The fraction of sp³-hybridized carbons (Fsp3) is 0.680. The summed E-state index contributed by atoms with van der Waals surface area (Å²) in [6.45, 7) is 2.44. The zero-order valence-electron chi connectivity index (χ0n) is 72.4. The largest absolute Gasteiger partial charge is 0.472 e. The zero-order valence-corrected chi connectivity index (χ0v) is 74.2. The van der Waals surface area contributed by atoms with E-state index in [0.29, 0.717) is 19.3 Å². The molecule has 0 heterocycles. The molecule has 115 heavy (non-hydrogen) atoms. The van der Waals surface area contributed by atoms with E-state index in [1.165, 1.54) is 128 Å². The number of aliphatic hydroxyl groups excluding tert-OH is 2. The molecule has 0 aromatic rings. The molecule has 0 aromatic heterocycles. The second-order valence-electron chi connectivity index (χ2n) is 30.0. The van der Waals surface area contributed by atoms with Gasteiger partial charge in [-0.3, -0.25) is 32.5 Å². The number of hydrogen-bond acceptors (Lipinski definition) is 14. The van der Waals surface area contributed by atoms with Gasteiger partial charge in [0.1, 0.15) is 25.4 Å². The second kappa shape index (κ2) is 88.2. The van der Waals surface area contributed by atoms with Gasteiger partial charge in [-0.25, -0.2) is 9.13 Å². The molecule has 0 radical (unpaired) electrons. The highest BCUT2D eigenvalue weighted by Gasteiger charge is 2.29. The third-order valence-corrected chi connectivity index (χ3v) is 20.8. The summed E-state index contributed by atoms with van der Waals surface area (Å²) < 4.78 is 61.4. The van der Waals surface area contributed by atoms with Gasteiger partial charge in [-0.1, -0.05) is 364 Å². The van der Waals surface area contributed by atoms with Crippen molar-refractivity contribution in [1.82, 2.24) is 0 Å². The fourth-order valence-corrected chi connectivity index (χ4v) is 13.7. The second-order valence-corrected chi connectivity index (χ2v) is 32.9. The predicted octanol–water partition coefficient (Wildman–Crippen LogP) is 27.9. The smallest absolute Gasteiger partial charge is 0.463 e. The van der Waals surface area contributed by atoms with Crippen LogP contribution >= 0.6 is 15.6 Å². The van der Waals surface area contributed by atoms with Gasteiger partial charge in [-0.15, -0.1) is 0 Å². The number of carbonyl (C=O) groups is 3. The van der Waals surface area contributed by atoms with E-state index in [0.717, 1.165) is 180 Å². The molecule has 0 aliphatic heterocycles. The Labute approximate surface area is 701 Å². The minimum atomic E-state index is -4.95. The summed E-state index contributed by atoms with van der Waals surface area (Å²) in [6, 6.07) is 0. The fourth-order valence-electron chi connectivity index (χ4n) is 12.1. The number of allylic oxidation sites excluding steroid dienone is 28. The Balaban J connectivity index is 4.58. The van der Waals surface area contributed by atoms with Crippen LogP contribution in [0.3, 0.4) is 0 Å². The van der Waals surface area contributed by atoms with Gasteiger partial charge in [0, 0.05) is 19.3 Å². The third kappa shape index (κ3) is 89.5. The Morgan fingerprint density at radius 3 is 0.730 bits per heavy atom. The average molecular weight is 1650 g/mol. The van der Waals surface area contributed by atoms with Crippen molar-refractivity contribution in [1.29, 1.82) is 0 Å². The van der Waals surface area contributed by atoms with E-state index in [4.69, 9.17) is 32.3 Å². The van der Waals surface area contributed by atoms with Crippen LogP contribution in [-0.2, 0) is 55.8 Å². The summed E-state index contributed by atoms with van der Waals surface area (Å²) in [5.74, 6) is -1.59. The van der Waals surface area contributed by atoms with Crippen LogP contribution in [-0.4, -0.2) is 95.9 Å². The van der Waals surface area contributed by atoms with Crippen LogP contribution in [0.15, 0.2) is 170 Å². The molecule has 658 valence electrons. The van der Waals surface area contributed by atoms with E-state index < -0.39 is 91.5 Å². The first-order chi connectivity index (χ1) is 56.2. The number of esters is 3. The van der Waals surface area contributed by atoms with Crippen molar-refractivity contribution in [3.63, 3.8) is 0 Å². The summed E-state index contributed by atoms with van der Waals surface area (Å²) in [6.07, 6.45) is 114. The van der Waals surface area contributed by atoms with E-state index in [1.807, 2.05) is 0 Å². The van der Waals surface area contributed by atoms with E-state index in [9.17, 15) is 43.5 Å². The van der Waals surface area contributed by atoms with Gasteiger partial charge >= 0.3 is 33.6 Å². The van der Waals surface area contributed by atoms with Crippen LogP contribution in [0.4, 0.5) is 0 Å². The molecular weight excluding hydrogens is 1480 g/mol. The lowest BCUT2D eigenvalue weighted by Crippen LogP contribution is -2.30. The lowest BCUT2D eigenvalue weighted by molar-refractivity contribution is -0.161. The van der Waals surface area contributed by atoms with Crippen molar-refractivity contribution in [2.45, 2.75) is 386 Å². The van der Waals surface area contributed by atoms with E-state index in [-0.39, 0.29) is 19.3 Å². The van der Waals surface area contributed by atoms with Crippen molar-refractivity contribution in [2.75, 3.05) is 39.6 Å². The maximum Gasteiger partial charge on any atom is 0.472 e. The van der Waals surface area contributed by atoms with Gasteiger partial charge < -0.3 is 34.2 Å². The predicted molar refractivity (Wildman–Crippen MR) is 482 cm³/mol. The van der Waals surface area contributed by atoms with Crippen molar-refractivity contribution >= 4 is 33.6 Å². The van der Waals surface area contributed by atoms with Gasteiger partial charge in [0.25, 0.3) is 0 Å². The Kier molecular flexibility index (Phi) is 84.3. The Hall–Kier alpha value is -5.09. The first-order valence-corrected chi connectivity index (χ1v) is 48.4. The number of carbonyl (C=O) groups excluding carboxylic acids is 3. The van der Waals surface area contributed by atoms with Gasteiger partial charge in [0.15, 0.2) is 6.10 Å². The number of phosphoric ester groups is 2. The molecule has 4 N–H and O–H groups in total. The number of ether oxygens (including phenoxy) is 3. The molecule has 0 aliphatic rings. The number of hydrogen-bond donors (Lipinski definition) is 4. The molecular formula is C97H164O16P2. The van der Waals surface area contributed by atoms with Gasteiger partial charge in [-0.2, -0.15) is 0 Å². The van der Waals surface area contributed by atoms with Crippen molar-refractivity contribution < 1.29 is 75.8 Å². The lowest BCUT2D eigenvalue weighted by Gasteiger charge is -2.21. The summed E-state index contributed by atoms with van der Waals surface area (Å²) in [5.41, 5.74) is 0. The average Bonchev–Trinajstić information content (AvgIpc) is 0.896. The molecule has 0 saturated carbocycles. The molecule has 0 saturated heterocycles. The maximum atomic E-state index is 13.0. The number of rotatable bonds is 85. The van der Waals surface area contributed by atoms with Crippen LogP contribution in [0, 0.1) is 0 Å². The van der Waals surface area contributed by atoms with Crippen molar-refractivity contribution in [2.24, 2.45) is 0 Å². The quantitative estimate of drug-likeness (QED) is 0.0146. The monoisotopic (exact) mass is 1650 g/mol. The van der Waals surface area contributed by atoms with Crippen LogP contribution in [0.25, 0.3) is 0 Å². The van der Waals surface area contributed by atoms with Gasteiger partial charge in [-0.05, 0) is 154 Å². The molecule has 0 spiro atoms. The molecule has 0 aromatic carbocycles. The first kappa shape index (κ1) is 110. The van der Waals surface area contributed by atoms with E-state index in [2.05, 4.69) is 191 Å². The Morgan fingerprint density at radius 2 is 0.461 bits per heavy atom. The molecule has 0 aliphatic carbocycles. The Bertz CT molecular complexity index is 2770. The summed E-state index contributed by atoms with van der Waals surface area (Å²) >= 11 is 0. The van der Waals surface area contributed by atoms with E-state index >= 15 is 0 Å². The summed E-state index contributed by atoms with van der Waals surface area (Å²) in [5, 5.41) is 20.7. The third-order valence-electron chi connectivity index (χ3n) is 18.9. The Morgan fingerprint density at radius 1 is 0.252 bits per heavy atom. The van der Waals surface area contributed by atoms with Crippen LogP contribution in [0.1, 0.15) is 367 Å².